The predicted molar refractivity (Wildman–Crippen MR) is 134 cm³/mol. The normalized spacial score (nSPS) is 16.2. The SMILES string of the molecule is O=C1OCCOC(=O)C(=O)OCCOC(=O)C(=O)OCCOC(=O)C(=O)OCCOC1=O.[Cl][Fe][Cl].[Cl][Fe][Cl].[Cl][Fe][Cl].[Cl][Fe][Cl]. The summed E-state index contributed by atoms with van der Waals surface area (Å²) in [4.78, 5) is 90.8. The Morgan fingerprint density at radius 2 is 0.341 bits per heavy atom. The summed E-state index contributed by atoms with van der Waals surface area (Å²) >= 11 is 0.778. The molecule has 0 aromatic rings. The molecular weight excluding hydrogens is 955 g/mol. The maximum atomic E-state index is 11.3. The molecule has 1 aliphatic heterocycles. The van der Waals surface area contributed by atoms with Crippen molar-refractivity contribution in [2.24, 2.45) is 0 Å². The molecule has 0 atom stereocenters. The molecule has 44 heavy (non-hydrogen) atoms. The van der Waals surface area contributed by atoms with Crippen LogP contribution in [0.4, 0.5) is 0 Å². The summed E-state index contributed by atoms with van der Waals surface area (Å²) in [7, 11) is 38.1. The summed E-state index contributed by atoms with van der Waals surface area (Å²) in [5.41, 5.74) is 0. The Morgan fingerprint density at radius 1 is 0.273 bits per heavy atom. The van der Waals surface area contributed by atoms with Crippen LogP contribution in [0.1, 0.15) is 0 Å². The first-order valence-corrected chi connectivity index (χ1v) is 21.8. The zero-order valence-electron chi connectivity index (χ0n) is 20.6. The minimum absolute atomic E-state index is 0.194. The van der Waals surface area contributed by atoms with E-state index in [-0.39, 0.29) is 52.5 Å². The van der Waals surface area contributed by atoms with E-state index in [1.807, 2.05) is 0 Å². The summed E-state index contributed by atoms with van der Waals surface area (Å²) in [5.74, 6) is -11.8. The average Bonchev–Trinajstić information content (AvgIpc) is 2.98. The van der Waals surface area contributed by atoms with Crippen molar-refractivity contribution in [3.05, 3.63) is 0 Å². The minimum atomic E-state index is -1.47. The van der Waals surface area contributed by atoms with E-state index >= 15 is 0 Å². The Hall–Kier alpha value is 0.158. The van der Waals surface area contributed by atoms with Gasteiger partial charge >= 0.3 is 181 Å². The maximum absolute atomic E-state index is 11.3. The number of carbonyl (C=O) groups excluding carboxylic acids is 8. The predicted octanol–water partition coefficient (Wildman–Crippen LogP) is 1.85. The number of hydrogen-bond acceptors (Lipinski definition) is 16. The van der Waals surface area contributed by atoms with Gasteiger partial charge in [-0.15, -0.1) is 0 Å². The van der Waals surface area contributed by atoms with Gasteiger partial charge in [-0.2, -0.15) is 0 Å². The number of rotatable bonds is 0. The molecule has 0 aliphatic carbocycles. The first-order valence-electron chi connectivity index (χ1n) is 9.64. The van der Waals surface area contributed by atoms with Crippen molar-refractivity contribution >= 4 is 129 Å². The Kier molecular flexibility index (Phi) is 45.6. The molecule has 0 aromatic carbocycles. The second-order valence-electron chi connectivity index (χ2n) is 5.29. The van der Waals surface area contributed by atoms with E-state index in [9.17, 15) is 38.4 Å². The van der Waals surface area contributed by atoms with Gasteiger partial charge in [0.15, 0.2) is 0 Å². The van der Waals surface area contributed by atoms with E-state index in [1.165, 1.54) is 0 Å². The van der Waals surface area contributed by atoms with Gasteiger partial charge in [-0.3, -0.25) is 0 Å². The van der Waals surface area contributed by atoms with Gasteiger partial charge in [0.1, 0.15) is 52.9 Å². The fraction of sp³-hybridized carbons (Fsp3) is 0.500. The third-order valence-corrected chi connectivity index (χ3v) is 2.87. The van der Waals surface area contributed by atoms with Crippen molar-refractivity contribution < 1.29 is 129 Å². The first kappa shape index (κ1) is 51.0. The summed E-state index contributed by atoms with van der Waals surface area (Å²) < 4.78 is 35.3. The summed E-state index contributed by atoms with van der Waals surface area (Å²) in [6, 6.07) is 0. The first-order chi connectivity index (χ1) is 20.9. The van der Waals surface area contributed by atoms with Crippen molar-refractivity contribution in [2.45, 2.75) is 0 Å². The van der Waals surface area contributed by atoms with Gasteiger partial charge < -0.3 is 37.9 Å². The molecule has 1 aliphatic rings. The van der Waals surface area contributed by atoms with Gasteiger partial charge in [0, 0.05) is 0 Å². The van der Waals surface area contributed by atoms with E-state index < -0.39 is 101 Å². The van der Waals surface area contributed by atoms with Crippen LogP contribution in [0.15, 0.2) is 0 Å². The van der Waals surface area contributed by atoms with Gasteiger partial charge in [-0.05, 0) is 0 Å². The molecule has 28 heteroatoms. The van der Waals surface area contributed by atoms with Crippen LogP contribution in [0, 0.1) is 0 Å². The van der Waals surface area contributed by atoms with E-state index in [0.29, 0.717) is 0 Å². The second-order valence-corrected chi connectivity index (χ2v) is 12.6. The quantitative estimate of drug-likeness (QED) is 0.147. The Labute approximate surface area is 307 Å². The van der Waals surface area contributed by atoms with Gasteiger partial charge in [0.25, 0.3) is 0 Å². The topological polar surface area (TPSA) is 210 Å². The van der Waals surface area contributed by atoms with Crippen molar-refractivity contribution in [1.82, 2.24) is 0 Å². The van der Waals surface area contributed by atoms with Crippen molar-refractivity contribution in [2.75, 3.05) is 52.9 Å². The second kappa shape index (κ2) is 39.3. The number of esters is 8. The molecule has 0 radical (unpaired) electrons. The molecule has 0 bridgehead atoms. The Balaban J connectivity index is -0.000000572. The molecule has 1 fully saturated rings. The molecule has 16 nitrogen and oxygen atoms in total. The van der Waals surface area contributed by atoms with Gasteiger partial charge in [-0.1, -0.05) is 0 Å². The van der Waals surface area contributed by atoms with E-state index in [0.717, 1.165) is 0 Å². The molecule has 264 valence electrons. The van der Waals surface area contributed by atoms with E-state index in [2.05, 4.69) is 37.9 Å². The van der Waals surface area contributed by atoms with E-state index in [4.69, 9.17) is 80.8 Å². The zero-order chi connectivity index (χ0) is 34.8. The zero-order valence-corrected chi connectivity index (χ0v) is 31.1. The summed E-state index contributed by atoms with van der Waals surface area (Å²) in [6.07, 6.45) is 0. The molecule has 1 rings (SSSR count). The van der Waals surface area contributed by atoms with Crippen LogP contribution in [-0.2, 0) is 129 Å². The van der Waals surface area contributed by atoms with Crippen molar-refractivity contribution in [3.8, 4) is 0 Å². The molecule has 1 heterocycles. The number of hydrogen-bond donors (Lipinski definition) is 0. The third kappa shape index (κ3) is 36.6. The summed E-state index contributed by atoms with van der Waals surface area (Å²) in [6.45, 7) is -4.94. The summed E-state index contributed by atoms with van der Waals surface area (Å²) in [5, 5.41) is 0. The van der Waals surface area contributed by atoms with Crippen LogP contribution in [0.25, 0.3) is 0 Å². The number of carbonyl (C=O) groups is 8. The van der Waals surface area contributed by atoms with Crippen LogP contribution in [-0.4, -0.2) is 101 Å². The van der Waals surface area contributed by atoms with Crippen molar-refractivity contribution in [3.63, 3.8) is 0 Å². The standard InChI is InChI=1S/C16H16O16.8ClH.4Fe/c17-9-10(18)27-3-4-29-13(21)14(22)31-7-8-32-16(24)15(23)30-6-5-28-12(20)11(19)26-2-1-25-9;;;;;;;;;;;;/h1-8H2;8*1H;;;;/q;;;;;;;;;4*+2/p-8. The fourth-order valence-electron chi connectivity index (χ4n) is 1.55. The van der Waals surface area contributed by atoms with Crippen molar-refractivity contribution in [1.29, 1.82) is 0 Å². The van der Waals surface area contributed by atoms with Crippen LogP contribution >= 0.6 is 80.8 Å². The number of ether oxygens (including phenoxy) is 8. The monoisotopic (exact) mass is 968 g/mol. The van der Waals surface area contributed by atoms with Crippen LogP contribution in [0.5, 0.6) is 0 Å². The van der Waals surface area contributed by atoms with Crippen LogP contribution in [0.2, 0.25) is 0 Å². The molecule has 0 N–H and O–H groups in total. The van der Waals surface area contributed by atoms with Crippen LogP contribution < -0.4 is 0 Å². The number of cyclic esters (lactones) is 8. The molecular formula is C16H16Cl8Fe4O16. The van der Waals surface area contributed by atoms with Gasteiger partial charge in [-0.25, -0.2) is 38.4 Å². The molecule has 0 aromatic heterocycles. The molecule has 1 saturated heterocycles. The molecule has 0 saturated carbocycles. The third-order valence-electron chi connectivity index (χ3n) is 2.87. The van der Waals surface area contributed by atoms with Gasteiger partial charge in [0.2, 0.25) is 0 Å². The Bertz CT molecular complexity index is 676. The van der Waals surface area contributed by atoms with E-state index in [1.54, 1.807) is 0 Å². The number of halogens is 8. The Morgan fingerprint density at radius 3 is 0.409 bits per heavy atom. The fourth-order valence-corrected chi connectivity index (χ4v) is 1.55. The van der Waals surface area contributed by atoms with Gasteiger partial charge in [0.05, 0.1) is 0 Å². The van der Waals surface area contributed by atoms with Crippen LogP contribution in [0.3, 0.4) is 0 Å². The molecule has 0 amide bonds. The average molecular weight is 971 g/mol. The molecule has 0 unspecified atom stereocenters. The molecule has 0 spiro atoms.